The molecule has 0 bridgehead atoms. The Morgan fingerprint density at radius 2 is 1.50 bits per heavy atom. The Morgan fingerprint density at radius 1 is 0.933 bits per heavy atom. The van der Waals surface area contributed by atoms with Gasteiger partial charge in [-0.15, -0.1) is 13.2 Å². The molecule has 6 nitrogen and oxygen atoms in total. The van der Waals surface area contributed by atoms with Crippen molar-refractivity contribution < 1.29 is 35.5 Å². The first-order valence-electron chi connectivity index (χ1n) is 8.93. The van der Waals surface area contributed by atoms with Crippen molar-refractivity contribution in [1.29, 1.82) is 0 Å². The summed E-state index contributed by atoms with van der Waals surface area (Å²) in [7, 11) is -3.92. The molecule has 0 aromatic heterocycles. The number of carbonyl (C=O) groups is 1. The van der Waals surface area contributed by atoms with E-state index < -0.39 is 28.0 Å². The third kappa shape index (κ3) is 5.48. The fraction of sp³-hybridized carbons (Fsp3) is 0.316. The molecular formula is C19H18F4N2O4S. The van der Waals surface area contributed by atoms with E-state index in [2.05, 4.69) is 4.74 Å². The highest BCUT2D eigenvalue weighted by Crippen LogP contribution is 2.25. The molecule has 3 rings (SSSR count). The molecular weight excluding hydrogens is 428 g/mol. The summed E-state index contributed by atoms with van der Waals surface area (Å²) in [4.78, 5) is 13.7. The lowest BCUT2D eigenvalue weighted by atomic mass is 10.1. The number of halogens is 4. The van der Waals surface area contributed by atoms with Crippen molar-refractivity contribution in [3.8, 4) is 5.75 Å². The zero-order chi connectivity index (χ0) is 21.9. The molecule has 1 amide bonds. The number of hydrogen-bond acceptors (Lipinski definition) is 4. The van der Waals surface area contributed by atoms with Crippen LogP contribution in [0.3, 0.4) is 0 Å². The lowest BCUT2D eigenvalue weighted by Crippen LogP contribution is -2.50. The summed E-state index contributed by atoms with van der Waals surface area (Å²) in [6.07, 6.45) is -4.79. The van der Waals surface area contributed by atoms with Crippen molar-refractivity contribution in [3.63, 3.8) is 0 Å². The van der Waals surface area contributed by atoms with Crippen LogP contribution in [0.5, 0.6) is 5.75 Å². The second-order valence-corrected chi connectivity index (χ2v) is 8.55. The molecule has 1 aliphatic rings. The molecule has 0 radical (unpaired) electrons. The normalized spacial score (nSPS) is 15.8. The molecule has 0 atom stereocenters. The van der Waals surface area contributed by atoms with Gasteiger partial charge >= 0.3 is 6.36 Å². The van der Waals surface area contributed by atoms with Crippen molar-refractivity contribution in [1.82, 2.24) is 9.21 Å². The van der Waals surface area contributed by atoms with Gasteiger partial charge in [0.05, 0.1) is 11.3 Å². The molecule has 0 spiro atoms. The van der Waals surface area contributed by atoms with Crippen LogP contribution in [-0.4, -0.2) is 56.1 Å². The number of amides is 1. The Labute approximate surface area is 170 Å². The third-order valence-electron chi connectivity index (χ3n) is 4.56. The van der Waals surface area contributed by atoms with Gasteiger partial charge in [-0.3, -0.25) is 4.79 Å². The van der Waals surface area contributed by atoms with Gasteiger partial charge in [0.15, 0.2) is 0 Å². The van der Waals surface area contributed by atoms with Crippen LogP contribution in [0.2, 0.25) is 0 Å². The monoisotopic (exact) mass is 446 g/mol. The standard InChI is InChI=1S/C19H18F4N2O4S/c20-15-3-1-14(2-4-15)13-18(26)24-9-11-25(12-10-24)30(27,28)17-7-5-16(6-8-17)29-19(21,22)23/h1-8H,9-13H2. The number of rotatable bonds is 5. The Balaban J connectivity index is 1.59. The van der Waals surface area contributed by atoms with Gasteiger partial charge in [-0.2, -0.15) is 4.31 Å². The first-order chi connectivity index (χ1) is 14.0. The summed E-state index contributed by atoms with van der Waals surface area (Å²) < 4.78 is 80.0. The zero-order valence-corrected chi connectivity index (χ0v) is 16.4. The van der Waals surface area contributed by atoms with E-state index in [1.54, 1.807) is 0 Å². The number of hydrogen-bond donors (Lipinski definition) is 0. The fourth-order valence-corrected chi connectivity index (χ4v) is 4.45. The number of sulfonamides is 1. The predicted molar refractivity (Wildman–Crippen MR) is 98.6 cm³/mol. The minimum absolute atomic E-state index is 0.0539. The van der Waals surface area contributed by atoms with Gasteiger partial charge < -0.3 is 9.64 Å². The van der Waals surface area contributed by atoms with Gasteiger partial charge in [0.1, 0.15) is 11.6 Å². The SMILES string of the molecule is O=C(Cc1ccc(F)cc1)N1CCN(S(=O)(=O)c2ccc(OC(F)(F)F)cc2)CC1. The van der Waals surface area contributed by atoms with Crippen LogP contribution < -0.4 is 4.74 Å². The average molecular weight is 446 g/mol. The van der Waals surface area contributed by atoms with Crippen molar-refractivity contribution in [3.05, 3.63) is 59.9 Å². The van der Waals surface area contributed by atoms with E-state index in [-0.39, 0.29) is 43.4 Å². The molecule has 0 unspecified atom stereocenters. The number of benzene rings is 2. The second kappa shape index (κ2) is 8.60. The Morgan fingerprint density at radius 3 is 2.03 bits per heavy atom. The van der Waals surface area contributed by atoms with Crippen LogP contribution in [0.15, 0.2) is 53.4 Å². The number of alkyl halides is 3. The summed E-state index contributed by atoms with van der Waals surface area (Å²) in [6, 6.07) is 9.51. The zero-order valence-electron chi connectivity index (χ0n) is 15.6. The van der Waals surface area contributed by atoms with Gasteiger partial charge in [-0.1, -0.05) is 12.1 Å². The van der Waals surface area contributed by atoms with Crippen LogP contribution in [0.25, 0.3) is 0 Å². The van der Waals surface area contributed by atoms with E-state index in [1.807, 2.05) is 0 Å². The summed E-state index contributed by atoms with van der Waals surface area (Å²) >= 11 is 0. The maximum atomic E-state index is 13.0. The molecule has 2 aromatic rings. The predicted octanol–water partition coefficient (Wildman–Crippen LogP) is 2.80. The average Bonchev–Trinajstić information content (AvgIpc) is 2.69. The molecule has 2 aromatic carbocycles. The van der Waals surface area contributed by atoms with E-state index >= 15 is 0 Å². The fourth-order valence-electron chi connectivity index (χ4n) is 3.03. The number of piperazine rings is 1. The van der Waals surface area contributed by atoms with Crippen molar-refractivity contribution in [2.75, 3.05) is 26.2 Å². The first kappa shape index (κ1) is 22.0. The Kier molecular flexibility index (Phi) is 6.32. The third-order valence-corrected chi connectivity index (χ3v) is 6.47. The minimum atomic E-state index is -4.86. The van der Waals surface area contributed by atoms with Gasteiger partial charge in [0, 0.05) is 26.2 Å². The highest BCUT2D eigenvalue weighted by Gasteiger charge is 2.32. The Bertz CT molecular complexity index is 985. The van der Waals surface area contributed by atoms with E-state index in [0.717, 1.165) is 24.3 Å². The minimum Gasteiger partial charge on any atom is -0.406 e. The lowest BCUT2D eigenvalue weighted by Gasteiger charge is -2.34. The first-order valence-corrected chi connectivity index (χ1v) is 10.4. The lowest BCUT2D eigenvalue weighted by molar-refractivity contribution is -0.274. The summed E-state index contributed by atoms with van der Waals surface area (Å²) in [6.45, 7) is 0.458. The molecule has 0 aliphatic carbocycles. The van der Waals surface area contributed by atoms with Crippen LogP contribution in [0.4, 0.5) is 17.6 Å². The Hall–Kier alpha value is -2.66. The maximum absolute atomic E-state index is 13.0. The van der Waals surface area contributed by atoms with E-state index in [1.165, 1.54) is 33.5 Å². The maximum Gasteiger partial charge on any atom is 0.573 e. The van der Waals surface area contributed by atoms with Crippen molar-refractivity contribution in [2.24, 2.45) is 0 Å². The quantitative estimate of drug-likeness (QED) is 0.663. The largest absolute Gasteiger partial charge is 0.573 e. The molecule has 30 heavy (non-hydrogen) atoms. The van der Waals surface area contributed by atoms with E-state index in [4.69, 9.17) is 0 Å². The smallest absolute Gasteiger partial charge is 0.406 e. The summed E-state index contributed by atoms with van der Waals surface area (Å²) in [5.41, 5.74) is 0.651. The molecule has 11 heteroatoms. The molecule has 0 saturated carbocycles. The van der Waals surface area contributed by atoms with Gasteiger partial charge in [0.25, 0.3) is 0 Å². The van der Waals surface area contributed by atoms with Crippen LogP contribution in [-0.2, 0) is 21.2 Å². The van der Waals surface area contributed by atoms with E-state index in [9.17, 15) is 30.8 Å². The molecule has 1 fully saturated rings. The molecule has 0 N–H and O–H groups in total. The summed E-state index contributed by atoms with van der Waals surface area (Å²) in [5, 5.41) is 0. The van der Waals surface area contributed by atoms with Crippen LogP contribution >= 0.6 is 0 Å². The number of ether oxygens (including phenoxy) is 1. The molecule has 1 aliphatic heterocycles. The van der Waals surface area contributed by atoms with Crippen molar-refractivity contribution in [2.45, 2.75) is 17.7 Å². The number of nitrogens with zero attached hydrogens (tertiary/aromatic N) is 2. The van der Waals surface area contributed by atoms with Gasteiger partial charge in [-0.25, -0.2) is 12.8 Å². The highest BCUT2D eigenvalue weighted by atomic mass is 32.2. The van der Waals surface area contributed by atoms with Crippen LogP contribution in [0, 0.1) is 5.82 Å². The highest BCUT2D eigenvalue weighted by molar-refractivity contribution is 7.89. The van der Waals surface area contributed by atoms with Crippen LogP contribution in [0.1, 0.15) is 5.56 Å². The van der Waals surface area contributed by atoms with Crippen molar-refractivity contribution >= 4 is 15.9 Å². The topological polar surface area (TPSA) is 66.9 Å². The van der Waals surface area contributed by atoms with E-state index in [0.29, 0.717) is 5.56 Å². The molecule has 162 valence electrons. The second-order valence-electron chi connectivity index (χ2n) is 6.61. The van der Waals surface area contributed by atoms with Gasteiger partial charge in [-0.05, 0) is 42.0 Å². The van der Waals surface area contributed by atoms with Gasteiger partial charge in [0.2, 0.25) is 15.9 Å². The number of carbonyl (C=O) groups excluding carboxylic acids is 1. The molecule has 1 heterocycles. The summed E-state index contributed by atoms with van der Waals surface area (Å²) in [5.74, 6) is -1.12. The molecule has 1 saturated heterocycles.